The van der Waals surface area contributed by atoms with Gasteiger partial charge < -0.3 is 15.0 Å². The fourth-order valence-electron chi connectivity index (χ4n) is 1.77. The van der Waals surface area contributed by atoms with Gasteiger partial charge in [0.05, 0.1) is 12.6 Å². The SMILES string of the molecule is CNCCCc1nc2c(OC)cccc2[nH]1. The summed E-state index contributed by atoms with van der Waals surface area (Å²) in [6, 6.07) is 5.92. The van der Waals surface area contributed by atoms with Crippen LogP contribution in [-0.2, 0) is 6.42 Å². The lowest BCUT2D eigenvalue weighted by Crippen LogP contribution is -2.08. The average Bonchev–Trinajstić information content (AvgIpc) is 2.71. The molecule has 1 aromatic carbocycles. The molecule has 2 aromatic rings. The molecule has 86 valence electrons. The minimum absolute atomic E-state index is 0.827. The predicted octanol–water partition coefficient (Wildman–Crippen LogP) is 1.72. The van der Waals surface area contributed by atoms with Crippen molar-refractivity contribution >= 4 is 11.0 Å². The van der Waals surface area contributed by atoms with Crippen molar-refractivity contribution in [2.75, 3.05) is 20.7 Å². The highest BCUT2D eigenvalue weighted by molar-refractivity contribution is 5.81. The van der Waals surface area contributed by atoms with E-state index < -0.39 is 0 Å². The molecule has 0 aliphatic rings. The number of imidazole rings is 1. The Bertz CT molecular complexity index is 464. The normalized spacial score (nSPS) is 10.9. The first kappa shape index (κ1) is 11.0. The highest BCUT2D eigenvalue weighted by Gasteiger charge is 2.06. The highest BCUT2D eigenvalue weighted by Crippen LogP contribution is 2.23. The number of nitrogens with zero attached hydrogens (tertiary/aromatic N) is 1. The number of H-pyrrole nitrogens is 1. The van der Waals surface area contributed by atoms with Gasteiger partial charge in [0, 0.05) is 6.42 Å². The molecule has 0 spiro atoms. The zero-order valence-electron chi connectivity index (χ0n) is 9.71. The van der Waals surface area contributed by atoms with Gasteiger partial charge in [-0.3, -0.25) is 0 Å². The standard InChI is InChI=1S/C12H17N3O/c1-13-8-4-7-11-14-9-5-3-6-10(16-2)12(9)15-11/h3,5-6,13H,4,7-8H2,1-2H3,(H,14,15). The Balaban J connectivity index is 2.22. The molecular weight excluding hydrogens is 202 g/mol. The zero-order valence-corrected chi connectivity index (χ0v) is 9.71. The fourth-order valence-corrected chi connectivity index (χ4v) is 1.77. The van der Waals surface area contributed by atoms with Crippen molar-refractivity contribution in [1.29, 1.82) is 0 Å². The first-order valence-electron chi connectivity index (χ1n) is 5.51. The van der Waals surface area contributed by atoms with Crippen molar-refractivity contribution in [2.45, 2.75) is 12.8 Å². The minimum Gasteiger partial charge on any atom is -0.494 e. The van der Waals surface area contributed by atoms with E-state index in [0.717, 1.165) is 42.0 Å². The quantitative estimate of drug-likeness (QED) is 0.753. The molecular formula is C12H17N3O. The van der Waals surface area contributed by atoms with Crippen molar-refractivity contribution in [1.82, 2.24) is 15.3 Å². The van der Waals surface area contributed by atoms with E-state index in [2.05, 4.69) is 15.3 Å². The number of hydrogen-bond acceptors (Lipinski definition) is 3. The number of aryl methyl sites for hydroxylation is 1. The maximum atomic E-state index is 5.27. The summed E-state index contributed by atoms with van der Waals surface area (Å²) in [4.78, 5) is 7.86. The monoisotopic (exact) mass is 219 g/mol. The molecule has 4 nitrogen and oxygen atoms in total. The Morgan fingerprint density at radius 2 is 2.31 bits per heavy atom. The second-order valence-corrected chi connectivity index (χ2v) is 3.75. The molecule has 0 amide bonds. The molecule has 0 bridgehead atoms. The van der Waals surface area contributed by atoms with E-state index in [0.29, 0.717) is 0 Å². The number of ether oxygens (including phenoxy) is 1. The van der Waals surface area contributed by atoms with Crippen LogP contribution in [0.15, 0.2) is 18.2 Å². The molecule has 0 radical (unpaired) electrons. The van der Waals surface area contributed by atoms with Crippen LogP contribution >= 0.6 is 0 Å². The van der Waals surface area contributed by atoms with Gasteiger partial charge in [0.15, 0.2) is 0 Å². The smallest absolute Gasteiger partial charge is 0.146 e. The molecule has 0 saturated carbocycles. The van der Waals surface area contributed by atoms with Crippen molar-refractivity contribution < 1.29 is 4.74 Å². The van der Waals surface area contributed by atoms with E-state index in [4.69, 9.17) is 4.74 Å². The molecule has 0 aliphatic carbocycles. The summed E-state index contributed by atoms with van der Waals surface area (Å²) < 4.78 is 5.27. The van der Waals surface area contributed by atoms with E-state index in [9.17, 15) is 0 Å². The number of rotatable bonds is 5. The van der Waals surface area contributed by atoms with E-state index in [1.54, 1.807) is 7.11 Å². The molecule has 0 saturated heterocycles. The predicted molar refractivity (Wildman–Crippen MR) is 64.9 cm³/mol. The van der Waals surface area contributed by atoms with Crippen LogP contribution in [0.3, 0.4) is 0 Å². The van der Waals surface area contributed by atoms with Crippen LogP contribution in [0.25, 0.3) is 11.0 Å². The molecule has 1 heterocycles. The van der Waals surface area contributed by atoms with Crippen LogP contribution in [0.2, 0.25) is 0 Å². The maximum absolute atomic E-state index is 5.27. The van der Waals surface area contributed by atoms with Crippen molar-refractivity contribution in [3.05, 3.63) is 24.0 Å². The number of aromatic nitrogens is 2. The molecule has 0 fully saturated rings. The number of aromatic amines is 1. The number of hydrogen-bond donors (Lipinski definition) is 2. The number of nitrogens with one attached hydrogen (secondary N) is 2. The third-order valence-corrected chi connectivity index (χ3v) is 2.58. The summed E-state index contributed by atoms with van der Waals surface area (Å²) in [7, 11) is 3.63. The van der Waals surface area contributed by atoms with Gasteiger partial charge >= 0.3 is 0 Å². The second kappa shape index (κ2) is 4.99. The number of benzene rings is 1. The van der Waals surface area contributed by atoms with Crippen LogP contribution in [-0.4, -0.2) is 30.7 Å². The largest absolute Gasteiger partial charge is 0.494 e. The van der Waals surface area contributed by atoms with Crippen LogP contribution < -0.4 is 10.1 Å². The van der Waals surface area contributed by atoms with Crippen LogP contribution in [0.4, 0.5) is 0 Å². The lowest BCUT2D eigenvalue weighted by atomic mass is 10.3. The number of methoxy groups -OCH3 is 1. The number of fused-ring (bicyclic) bond motifs is 1. The Morgan fingerprint density at radius 1 is 1.44 bits per heavy atom. The van der Waals surface area contributed by atoms with Gasteiger partial charge in [-0.2, -0.15) is 0 Å². The lowest BCUT2D eigenvalue weighted by molar-refractivity contribution is 0.419. The zero-order chi connectivity index (χ0) is 11.4. The first-order chi connectivity index (χ1) is 7.85. The molecule has 0 unspecified atom stereocenters. The van der Waals surface area contributed by atoms with E-state index >= 15 is 0 Å². The van der Waals surface area contributed by atoms with E-state index in [1.807, 2.05) is 25.2 Å². The van der Waals surface area contributed by atoms with Gasteiger partial charge in [0.2, 0.25) is 0 Å². The highest BCUT2D eigenvalue weighted by atomic mass is 16.5. The third-order valence-electron chi connectivity index (χ3n) is 2.58. The molecule has 2 rings (SSSR count). The van der Waals surface area contributed by atoms with Gasteiger partial charge in [-0.05, 0) is 32.1 Å². The summed E-state index contributed by atoms with van der Waals surface area (Å²) in [6.45, 7) is 1.01. The lowest BCUT2D eigenvalue weighted by Gasteiger charge is -1.98. The van der Waals surface area contributed by atoms with Crippen LogP contribution in [0, 0.1) is 0 Å². The molecule has 4 heteroatoms. The molecule has 0 aliphatic heterocycles. The Morgan fingerprint density at radius 3 is 3.06 bits per heavy atom. The fraction of sp³-hybridized carbons (Fsp3) is 0.417. The Labute approximate surface area is 95.0 Å². The van der Waals surface area contributed by atoms with Gasteiger partial charge in [0.1, 0.15) is 17.1 Å². The van der Waals surface area contributed by atoms with Crippen molar-refractivity contribution in [3.8, 4) is 5.75 Å². The van der Waals surface area contributed by atoms with E-state index in [1.165, 1.54) is 0 Å². The van der Waals surface area contributed by atoms with Crippen LogP contribution in [0.1, 0.15) is 12.2 Å². The second-order valence-electron chi connectivity index (χ2n) is 3.75. The molecule has 16 heavy (non-hydrogen) atoms. The Kier molecular flexibility index (Phi) is 3.41. The maximum Gasteiger partial charge on any atom is 0.146 e. The summed E-state index contributed by atoms with van der Waals surface area (Å²) >= 11 is 0. The van der Waals surface area contributed by atoms with Gasteiger partial charge in [-0.25, -0.2) is 4.98 Å². The van der Waals surface area contributed by atoms with Gasteiger partial charge in [-0.1, -0.05) is 6.07 Å². The van der Waals surface area contributed by atoms with Crippen molar-refractivity contribution in [3.63, 3.8) is 0 Å². The first-order valence-corrected chi connectivity index (χ1v) is 5.51. The van der Waals surface area contributed by atoms with Gasteiger partial charge in [-0.15, -0.1) is 0 Å². The summed E-state index contributed by atoms with van der Waals surface area (Å²) in [5.74, 6) is 1.85. The molecule has 0 atom stereocenters. The summed E-state index contributed by atoms with van der Waals surface area (Å²) in [5, 5.41) is 3.13. The van der Waals surface area contributed by atoms with Gasteiger partial charge in [0.25, 0.3) is 0 Å². The number of para-hydroxylation sites is 1. The average molecular weight is 219 g/mol. The Hall–Kier alpha value is -1.55. The summed E-state index contributed by atoms with van der Waals surface area (Å²) in [6.07, 6.45) is 2.04. The minimum atomic E-state index is 0.827. The molecule has 1 aromatic heterocycles. The van der Waals surface area contributed by atoms with Crippen LogP contribution in [0.5, 0.6) is 5.75 Å². The van der Waals surface area contributed by atoms with Crippen molar-refractivity contribution in [2.24, 2.45) is 0 Å². The topological polar surface area (TPSA) is 49.9 Å². The van der Waals surface area contributed by atoms with E-state index in [-0.39, 0.29) is 0 Å². The third kappa shape index (κ3) is 2.17. The molecule has 2 N–H and O–H groups in total. The summed E-state index contributed by atoms with van der Waals surface area (Å²) in [5.41, 5.74) is 1.96.